The minimum Gasteiger partial charge on any atom is -0.338 e. The molecule has 0 atom stereocenters. The fourth-order valence-electron chi connectivity index (χ4n) is 2.31. The van der Waals surface area contributed by atoms with Crippen LogP contribution in [0.1, 0.15) is 35.7 Å². The van der Waals surface area contributed by atoms with Gasteiger partial charge in [0.2, 0.25) is 0 Å². The molecule has 2 amide bonds. The van der Waals surface area contributed by atoms with Gasteiger partial charge in [-0.05, 0) is 30.9 Å². The van der Waals surface area contributed by atoms with Crippen molar-refractivity contribution in [3.63, 3.8) is 0 Å². The van der Waals surface area contributed by atoms with E-state index in [1.165, 1.54) is 18.4 Å². The maximum Gasteiger partial charge on any atom is 0.315 e. The summed E-state index contributed by atoms with van der Waals surface area (Å²) in [6.45, 7) is 1.05. The second-order valence-corrected chi connectivity index (χ2v) is 5.55. The number of amides is 2. The van der Waals surface area contributed by atoms with Crippen LogP contribution in [0.25, 0.3) is 0 Å². The number of hydrogen-bond acceptors (Lipinski definition) is 3. The van der Waals surface area contributed by atoms with E-state index in [2.05, 4.69) is 32.7 Å². The van der Waals surface area contributed by atoms with Gasteiger partial charge in [-0.25, -0.2) is 14.8 Å². The number of urea groups is 1. The lowest BCUT2D eigenvalue weighted by atomic mass is 10.1. The van der Waals surface area contributed by atoms with Gasteiger partial charge in [-0.15, -0.1) is 0 Å². The maximum absolute atomic E-state index is 11.8. The molecule has 1 aliphatic rings. The van der Waals surface area contributed by atoms with Crippen molar-refractivity contribution in [3.8, 4) is 0 Å². The van der Waals surface area contributed by atoms with Crippen molar-refractivity contribution in [2.45, 2.75) is 31.7 Å². The summed E-state index contributed by atoms with van der Waals surface area (Å²) < 4.78 is 0. The molecule has 0 saturated heterocycles. The zero-order valence-corrected chi connectivity index (χ0v) is 12.5. The molecule has 114 valence electrons. The van der Waals surface area contributed by atoms with Crippen LogP contribution < -0.4 is 10.6 Å². The Bertz CT molecular complexity index is 626. The fraction of sp³-hybridized carbons (Fsp3) is 0.353. The fourth-order valence-corrected chi connectivity index (χ4v) is 2.31. The molecule has 1 fully saturated rings. The first-order valence-corrected chi connectivity index (χ1v) is 7.68. The number of rotatable bonds is 6. The number of hydrogen-bond donors (Lipinski definition) is 2. The molecular weight excluding hydrogens is 276 g/mol. The Kier molecular flexibility index (Phi) is 4.63. The van der Waals surface area contributed by atoms with Crippen molar-refractivity contribution in [3.05, 3.63) is 59.7 Å². The van der Waals surface area contributed by atoms with Crippen LogP contribution in [0.2, 0.25) is 0 Å². The first-order chi connectivity index (χ1) is 10.8. The zero-order chi connectivity index (χ0) is 15.2. The Morgan fingerprint density at radius 3 is 2.73 bits per heavy atom. The van der Waals surface area contributed by atoms with Gasteiger partial charge in [-0.2, -0.15) is 0 Å². The van der Waals surface area contributed by atoms with Crippen molar-refractivity contribution < 1.29 is 4.79 Å². The Balaban J connectivity index is 1.39. The number of nitrogens with one attached hydrogen (secondary N) is 2. The highest BCUT2D eigenvalue weighted by Crippen LogP contribution is 2.38. The van der Waals surface area contributed by atoms with E-state index in [1.54, 1.807) is 6.33 Å². The molecule has 0 radical (unpaired) electrons. The lowest BCUT2D eigenvalue weighted by molar-refractivity contribution is 0.240. The zero-order valence-electron chi connectivity index (χ0n) is 12.5. The Morgan fingerprint density at radius 2 is 1.95 bits per heavy atom. The van der Waals surface area contributed by atoms with Crippen LogP contribution in [-0.4, -0.2) is 22.5 Å². The van der Waals surface area contributed by atoms with Crippen LogP contribution in [-0.2, 0) is 13.0 Å². The summed E-state index contributed by atoms with van der Waals surface area (Å²) >= 11 is 0. The first kappa shape index (κ1) is 14.5. The predicted molar refractivity (Wildman–Crippen MR) is 84.4 cm³/mol. The highest BCUT2D eigenvalue weighted by molar-refractivity contribution is 5.73. The van der Waals surface area contributed by atoms with Crippen LogP contribution in [0, 0.1) is 0 Å². The van der Waals surface area contributed by atoms with E-state index in [1.807, 2.05) is 24.3 Å². The third-order valence-corrected chi connectivity index (χ3v) is 3.71. The summed E-state index contributed by atoms with van der Waals surface area (Å²) in [6, 6.07) is 11.9. The highest BCUT2D eigenvalue weighted by atomic mass is 16.2. The highest BCUT2D eigenvalue weighted by Gasteiger charge is 2.25. The summed E-state index contributed by atoms with van der Waals surface area (Å²) in [7, 11) is 0. The van der Waals surface area contributed by atoms with E-state index in [9.17, 15) is 4.79 Å². The van der Waals surface area contributed by atoms with Crippen molar-refractivity contribution in [2.24, 2.45) is 0 Å². The van der Waals surface area contributed by atoms with E-state index >= 15 is 0 Å². The summed E-state index contributed by atoms with van der Waals surface area (Å²) in [4.78, 5) is 20.2. The topological polar surface area (TPSA) is 66.9 Å². The van der Waals surface area contributed by atoms with E-state index < -0.39 is 0 Å². The van der Waals surface area contributed by atoms with Crippen molar-refractivity contribution >= 4 is 6.03 Å². The van der Waals surface area contributed by atoms with E-state index in [0.717, 1.165) is 17.8 Å². The molecule has 5 nitrogen and oxygen atoms in total. The largest absolute Gasteiger partial charge is 0.338 e. The number of nitrogens with zero attached hydrogens (tertiary/aromatic N) is 2. The molecule has 0 bridgehead atoms. The third kappa shape index (κ3) is 4.28. The molecule has 0 unspecified atom stereocenters. The van der Waals surface area contributed by atoms with Gasteiger partial charge < -0.3 is 10.6 Å². The van der Waals surface area contributed by atoms with Crippen LogP contribution >= 0.6 is 0 Å². The van der Waals surface area contributed by atoms with Crippen LogP contribution in [0.5, 0.6) is 0 Å². The average molecular weight is 296 g/mol. The lowest BCUT2D eigenvalue weighted by Gasteiger charge is -2.08. The van der Waals surface area contributed by atoms with Gasteiger partial charge >= 0.3 is 6.03 Å². The second kappa shape index (κ2) is 7.02. The molecular formula is C17H20N4O. The summed E-state index contributed by atoms with van der Waals surface area (Å²) in [5.74, 6) is 0.599. The van der Waals surface area contributed by atoms with Crippen LogP contribution in [0.3, 0.4) is 0 Å². The standard InChI is InChI=1S/C17H20N4O/c22-17(18-9-8-13-4-2-1-3-5-13)19-11-15-10-16(14-6-7-14)21-12-20-15/h1-5,10,12,14H,6-9,11H2,(H2,18,19,22). The summed E-state index contributed by atoms with van der Waals surface area (Å²) in [5, 5.41) is 5.69. The molecule has 3 rings (SSSR count). The average Bonchev–Trinajstić information content (AvgIpc) is 3.39. The lowest BCUT2D eigenvalue weighted by Crippen LogP contribution is -2.36. The minimum atomic E-state index is -0.164. The monoisotopic (exact) mass is 296 g/mol. The number of benzene rings is 1. The summed E-state index contributed by atoms with van der Waals surface area (Å²) in [6.07, 6.45) is 4.83. The molecule has 5 heteroatoms. The SMILES string of the molecule is O=C(NCCc1ccccc1)NCc1cc(C2CC2)ncn1. The van der Waals surface area contributed by atoms with E-state index in [0.29, 0.717) is 19.0 Å². The molecule has 22 heavy (non-hydrogen) atoms. The quantitative estimate of drug-likeness (QED) is 0.860. The van der Waals surface area contributed by atoms with E-state index in [-0.39, 0.29) is 6.03 Å². The van der Waals surface area contributed by atoms with Gasteiger partial charge in [-0.1, -0.05) is 30.3 Å². The van der Waals surface area contributed by atoms with Gasteiger partial charge in [-0.3, -0.25) is 0 Å². The molecule has 1 aromatic carbocycles. The molecule has 0 spiro atoms. The first-order valence-electron chi connectivity index (χ1n) is 7.68. The molecule has 0 aliphatic heterocycles. The Hall–Kier alpha value is -2.43. The molecule has 1 saturated carbocycles. The minimum absolute atomic E-state index is 0.164. The second-order valence-electron chi connectivity index (χ2n) is 5.55. The predicted octanol–water partition coefficient (Wildman–Crippen LogP) is 2.40. The normalized spacial score (nSPS) is 13.6. The van der Waals surface area contributed by atoms with Crippen molar-refractivity contribution in [1.82, 2.24) is 20.6 Å². The van der Waals surface area contributed by atoms with E-state index in [4.69, 9.17) is 0 Å². The summed E-state index contributed by atoms with van der Waals surface area (Å²) in [5.41, 5.74) is 3.17. The van der Waals surface area contributed by atoms with Gasteiger partial charge in [0.25, 0.3) is 0 Å². The molecule has 2 N–H and O–H groups in total. The Labute approximate surface area is 130 Å². The van der Waals surface area contributed by atoms with Crippen molar-refractivity contribution in [1.29, 1.82) is 0 Å². The smallest absolute Gasteiger partial charge is 0.315 e. The Morgan fingerprint density at radius 1 is 1.14 bits per heavy atom. The van der Waals surface area contributed by atoms with Gasteiger partial charge in [0, 0.05) is 18.2 Å². The third-order valence-electron chi connectivity index (χ3n) is 3.71. The van der Waals surface area contributed by atoms with Crippen molar-refractivity contribution in [2.75, 3.05) is 6.54 Å². The number of carbonyl (C=O) groups excluding carboxylic acids is 1. The number of aromatic nitrogens is 2. The number of carbonyl (C=O) groups is 1. The molecule has 1 heterocycles. The molecule has 1 aliphatic carbocycles. The molecule has 1 aromatic heterocycles. The molecule has 2 aromatic rings. The van der Waals surface area contributed by atoms with Gasteiger partial charge in [0.1, 0.15) is 6.33 Å². The van der Waals surface area contributed by atoms with Crippen LogP contribution in [0.4, 0.5) is 4.79 Å². The van der Waals surface area contributed by atoms with Gasteiger partial charge in [0.05, 0.1) is 12.2 Å². The maximum atomic E-state index is 11.8. The van der Waals surface area contributed by atoms with Crippen LogP contribution in [0.15, 0.2) is 42.7 Å². The van der Waals surface area contributed by atoms with Gasteiger partial charge in [0.15, 0.2) is 0 Å².